The molecule has 7 atom stereocenters. The second-order valence-electron chi connectivity index (χ2n) is 10.5. The first-order chi connectivity index (χ1) is 14.4. The zero-order valence-electron chi connectivity index (χ0n) is 18.6. The van der Waals surface area contributed by atoms with E-state index < -0.39 is 0 Å². The molecule has 1 aliphatic heterocycles. The fourth-order valence-electron chi connectivity index (χ4n) is 7.91. The number of carbonyl (C=O) groups is 1. The van der Waals surface area contributed by atoms with Crippen molar-refractivity contribution in [2.75, 3.05) is 18.9 Å². The minimum atomic E-state index is 0.132. The zero-order chi connectivity index (χ0) is 21.1. The Labute approximate surface area is 184 Å². The Hall–Kier alpha value is -1.62. The van der Waals surface area contributed by atoms with Crippen LogP contribution in [-0.2, 0) is 4.79 Å². The molecule has 1 N–H and O–H groups in total. The van der Waals surface area contributed by atoms with Crippen molar-refractivity contribution in [3.05, 3.63) is 35.9 Å². The maximum absolute atomic E-state index is 12.3. The topological polar surface area (TPSA) is 45.2 Å². The molecule has 3 fully saturated rings. The average molecular weight is 426 g/mol. The quantitative estimate of drug-likeness (QED) is 0.651. The number of nitrogens with zero attached hydrogens (tertiary/aromatic N) is 2. The molecule has 1 amide bonds. The second-order valence-corrected chi connectivity index (χ2v) is 11.4. The number of carbonyl (C=O) groups excluding carboxylic acids is 1. The lowest BCUT2D eigenvalue weighted by Crippen LogP contribution is -2.59. The van der Waals surface area contributed by atoms with Crippen molar-refractivity contribution in [2.45, 2.75) is 64.3 Å². The molecule has 0 bridgehead atoms. The van der Waals surface area contributed by atoms with Gasteiger partial charge in [0.1, 0.15) is 0 Å². The van der Waals surface area contributed by atoms with Crippen LogP contribution < -0.4 is 5.32 Å². The Morgan fingerprint density at radius 2 is 2.10 bits per heavy atom. The van der Waals surface area contributed by atoms with Gasteiger partial charge in [0.15, 0.2) is 5.13 Å². The molecule has 3 aliphatic carbocycles. The SMILES string of the molecule is C=CCNc1nc(C2CC[C@H]3[C@@H]4CCC5N(C)C(=O)C=C[C@]5(C)[C@@H]4CC[C@]23C)cs1. The van der Waals surface area contributed by atoms with Crippen molar-refractivity contribution in [1.82, 2.24) is 9.88 Å². The van der Waals surface area contributed by atoms with Gasteiger partial charge in [0.05, 0.1) is 5.69 Å². The van der Waals surface area contributed by atoms with Gasteiger partial charge in [0, 0.05) is 36.3 Å². The van der Waals surface area contributed by atoms with Gasteiger partial charge in [-0.3, -0.25) is 4.79 Å². The van der Waals surface area contributed by atoms with E-state index in [-0.39, 0.29) is 11.3 Å². The van der Waals surface area contributed by atoms with Crippen LogP contribution in [0.3, 0.4) is 0 Å². The van der Waals surface area contributed by atoms with Gasteiger partial charge in [-0.05, 0) is 67.8 Å². The molecule has 1 aromatic heterocycles. The third-order valence-corrected chi connectivity index (χ3v) is 10.2. The highest BCUT2D eigenvalue weighted by atomic mass is 32.1. The predicted molar refractivity (Wildman–Crippen MR) is 124 cm³/mol. The van der Waals surface area contributed by atoms with Crippen molar-refractivity contribution in [3.63, 3.8) is 0 Å². The van der Waals surface area contributed by atoms with Gasteiger partial charge in [0.25, 0.3) is 0 Å². The largest absolute Gasteiger partial charge is 0.358 e. The molecule has 2 unspecified atom stereocenters. The van der Waals surface area contributed by atoms with Gasteiger partial charge in [-0.2, -0.15) is 0 Å². The van der Waals surface area contributed by atoms with E-state index in [0.29, 0.717) is 23.3 Å². The number of hydrogen-bond donors (Lipinski definition) is 1. The van der Waals surface area contributed by atoms with E-state index in [4.69, 9.17) is 4.98 Å². The Morgan fingerprint density at radius 3 is 2.90 bits per heavy atom. The normalized spacial score (nSPS) is 42.4. The van der Waals surface area contributed by atoms with Gasteiger partial charge in [-0.25, -0.2) is 4.98 Å². The predicted octanol–water partition coefficient (Wildman–Crippen LogP) is 5.46. The van der Waals surface area contributed by atoms with Gasteiger partial charge < -0.3 is 10.2 Å². The second kappa shape index (κ2) is 7.22. The van der Waals surface area contributed by atoms with Crippen LogP contribution in [0.2, 0.25) is 0 Å². The summed E-state index contributed by atoms with van der Waals surface area (Å²) in [7, 11) is 2.01. The summed E-state index contributed by atoms with van der Waals surface area (Å²) >= 11 is 1.74. The first kappa shape index (κ1) is 20.3. The lowest BCUT2D eigenvalue weighted by molar-refractivity contribution is -0.138. The molecule has 0 spiro atoms. The van der Waals surface area contributed by atoms with E-state index in [1.807, 2.05) is 24.1 Å². The van der Waals surface area contributed by atoms with Crippen LogP contribution in [0.15, 0.2) is 30.2 Å². The summed E-state index contributed by atoms with van der Waals surface area (Å²) in [4.78, 5) is 19.3. The lowest BCUT2D eigenvalue weighted by Gasteiger charge is -2.60. The molecule has 4 nitrogen and oxygen atoms in total. The van der Waals surface area contributed by atoms with Crippen molar-refractivity contribution >= 4 is 22.4 Å². The molecule has 0 aromatic carbocycles. The summed E-state index contributed by atoms with van der Waals surface area (Å²) in [6, 6.07) is 0.370. The van der Waals surface area contributed by atoms with Crippen LogP contribution in [-0.4, -0.2) is 35.4 Å². The van der Waals surface area contributed by atoms with E-state index in [0.717, 1.165) is 29.9 Å². The summed E-state index contributed by atoms with van der Waals surface area (Å²) in [5.41, 5.74) is 1.79. The number of aromatic nitrogens is 1. The summed E-state index contributed by atoms with van der Waals surface area (Å²) in [6.45, 7) is 9.55. The number of amides is 1. The maximum atomic E-state index is 12.3. The Kier molecular flexibility index (Phi) is 4.88. The number of rotatable bonds is 4. The van der Waals surface area contributed by atoms with Crippen LogP contribution in [0.25, 0.3) is 0 Å². The number of likely N-dealkylation sites (N-methyl/N-ethyl adjacent to an activating group) is 1. The highest BCUT2D eigenvalue weighted by molar-refractivity contribution is 7.13. The Balaban J connectivity index is 1.40. The fourth-order valence-corrected chi connectivity index (χ4v) is 8.69. The van der Waals surface area contributed by atoms with Crippen molar-refractivity contribution in [3.8, 4) is 0 Å². The van der Waals surface area contributed by atoms with Crippen LogP contribution >= 0.6 is 11.3 Å². The van der Waals surface area contributed by atoms with E-state index >= 15 is 0 Å². The molecule has 0 saturated heterocycles. The highest BCUT2D eigenvalue weighted by Gasteiger charge is 2.60. The van der Waals surface area contributed by atoms with Crippen molar-refractivity contribution in [1.29, 1.82) is 0 Å². The average Bonchev–Trinajstić information content (AvgIpc) is 3.33. The first-order valence-corrected chi connectivity index (χ1v) is 12.5. The standard InChI is InChI=1S/C25H35N3OS/c1-5-14-26-23-27-20(15-30-23)19-8-7-17-16-6-9-21-25(3,13-11-22(29)28(21)4)18(16)10-12-24(17,19)2/h5,11,13,15-19,21H,1,6-10,12,14H2,2-4H3,(H,26,27)/t16-,17-,18+,19?,21?,24-,25+/m0/s1. The third kappa shape index (κ3) is 2.84. The minimum absolute atomic E-state index is 0.132. The number of thiazole rings is 1. The first-order valence-electron chi connectivity index (χ1n) is 11.6. The molecule has 2 heterocycles. The molecule has 30 heavy (non-hydrogen) atoms. The van der Waals surface area contributed by atoms with E-state index in [9.17, 15) is 4.79 Å². The summed E-state index contributed by atoms with van der Waals surface area (Å²) in [6.07, 6.45) is 13.6. The fraction of sp³-hybridized carbons (Fsp3) is 0.680. The minimum Gasteiger partial charge on any atom is -0.358 e. The Morgan fingerprint density at radius 1 is 1.27 bits per heavy atom. The van der Waals surface area contributed by atoms with Gasteiger partial charge in [0.2, 0.25) is 5.91 Å². The van der Waals surface area contributed by atoms with Crippen LogP contribution in [0.4, 0.5) is 5.13 Å². The van der Waals surface area contributed by atoms with Gasteiger partial charge >= 0.3 is 0 Å². The number of fused-ring (bicyclic) bond motifs is 5. The molecular weight excluding hydrogens is 390 g/mol. The Bertz CT molecular complexity index is 877. The smallest absolute Gasteiger partial charge is 0.246 e. The molecule has 5 heteroatoms. The molecular formula is C25H35N3OS. The van der Waals surface area contributed by atoms with Gasteiger partial charge in [-0.1, -0.05) is 26.0 Å². The maximum Gasteiger partial charge on any atom is 0.246 e. The summed E-state index contributed by atoms with van der Waals surface area (Å²) in [5, 5.41) is 6.68. The van der Waals surface area contributed by atoms with Gasteiger partial charge in [-0.15, -0.1) is 17.9 Å². The third-order valence-electron chi connectivity index (χ3n) is 9.40. The van der Waals surface area contributed by atoms with E-state index in [2.05, 4.69) is 37.2 Å². The van der Waals surface area contributed by atoms with Crippen molar-refractivity contribution < 1.29 is 4.79 Å². The molecule has 162 valence electrons. The highest BCUT2D eigenvalue weighted by Crippen LogP contribution is 2.67. The van der Waals surface area contributed by atoms with E-state index in [1.54, 1.807) is 11.3 Å². The van der Waals surface area contributed by atoms with E-state index in [1.165, 1.54) is 37.8 Å². The van der Waals surface area contributed by atoms with Crippen molar-refractivity contribution in [2.24, 2.45) is 28.6 Å². The number of anilines is 1. The molecule has 5 rings (SSSR count). The molecule has 1 aromatic rings. The number of nitrogens with one attached hydrogen (secondary N) is 1. The van der Waals surface area contributed by atoms with Crippen LogP contribution in [0.1, 0.15) is 64.0 Å². The zero-order valence-corrected chi connectivity index (χ0v) is 19.4. The molecule has 0 radical (unpaired) electrons. The molecule has 3 saturated carbocycles. The monoisotopic (exact) mass is 425 g/mol. The van der Waals surface area contributed by atoms with Crippen LogP contribution in [0, 0.1) is 28.6 Å². The van der Waals surface area contributed by atoms with Crippen LogP contribution in [0.5, 0.6) is 0 Å². The summed E-state index contributed by atoms with van der Waals surface area (Å²) in [5.74, 6) is 3.01. The molecule has 4 aliphatic rings. The summed E-state index contributed by atoms with van der Waals surface area (Å²) < 4.78 is 0. The number of hydrogen-bond acceptors (Lipinski definition) is 4. The lowest BCUT2D eigenvalue weighted by atomic mass is 9.47.